The summed E-state index contributed by atoms with van der Waals surface area (Å²) in [6.07, 6.45) is -7.85. The van der Waals surface area contributed by atoms with E-state index < -0.39 is 30.3 Å². The molecule has 2 atom stereocenters. The second kappa shape index (κ2) is 2.92. The molecule has 2 unspecified atom stereocenters. The summed E-state index contributed by atoms with van der Waals surface area (Å²) in [7, 11) is 0. The number of aliphatic hydroxyl groups is 4. The smallest absolute Gasteiger partial charge is 0.379 e. The van der Waals surface area contributed by atoms with Crippen molar-refractivity contribution in [3.05, 3.63) is 0 Å². The summed E-state index contributed by atoms with van der Waals surface area (Å²) in [6, 6.07) is 0. The quantitative estimate of drug-likeness (QED) is 0.229. The van der Waals surface area contributed by atoms with E-state index >= 15 is 0 Å². The molecule has 13 heavy (non-hydrogen) atoms. The fourth-order valence-corrected chi connectivity index (χ4v) is 0.661. The molecule has 4 N–H and O–H groups in total. The highest BCUT2D eigenvalue weighted by atomic mass is 17.0. The van der Waals surface area contributed by atoms with Crippen LogP contribution in [0.25, 0.3) is 0 Å². The Kier molecular flexibility index (Phi) is 2.22. The first-order valence-electron chi connectivity index (χ1n) is 3.10. The summed E-state index contributed by atoms with van der Waals surface area (Å²) in [5.74, 6) is -3.16. The molecule has 1 aliphatic rings. The summed E-state index contributed by atoms with van der Waals surface area (Å²) >= 11 is 0. The molecule has 0 radical (unpaired) electrons. The summed E-state index contributed by atoms with van der Waals surface area (Å²) in [5.41, 5.74) is 0. The molecule has 1 aliphatic heterocycles. The maximum absolute atomic E-state index is 10.6. The number of hydrogen-bond donors (Lipinski definition) is 4. The van der Waals surface area contributed by atoms with E-state index in [1.165, 1.54) is 0 Å². The van der Waals surface area contributed by atoms with Gasteiger partial charge in [0.2, 0.25) is 0 Å². The zero-order valence-corrected chi connectivity index (χ0v) is 6.08. The van der Waals surface area contributed by atoms with Gasteiger partial charge in [0.25, 0.3) is 0 Å². The van der Waals surface area contributed by atoms with E-state index in [1.54, 1.807) is 0 Å². The molecule has 0 aromatic carbocycles. The zero-order valence-electron chi connectivity index (χ0n) is 6.08. The fourth-order valence-electron chi connectivity index (χ4n) is 0.661. The van der Waals surface area contributed by atoms with Crippen LogP contribution < -0.4 is 0 Å². The lowest BCUT2D eigenvalue weighted by molar-refractivity contribution is -0.432. The average Bonchev–Trinajstić information content (AvgIpc) is 2.03. The van der Waals surface area contributed by atoms with Gasteiger partial charge in [-0.3, -0.25) is 10.2 Å². The molecule has 0 aromatic rings. The van der Waals surface area contributed by atoms with Crippen molar-refractivity contribution in [3.63, 3.8) is 0 Å². The Hall–Kier alpha value is -1.22. The summed E-state index contributed by atoms with van der Waals surface area (Å²) in [5, 5.41) is 34.7. The number of esters is 2. The van der Waals surface area contributed by atoms with Gasteiger partial charge < -0.3 is 19.7 Å². The van der Waals surface area contributed by atoms with Gasteiger partial charge >= 0.3 is 18.1 Å². The number of cyclic esters (lactones) is 2. The maximum Gasteiger partial charge on any atom is 0.509 e. The van der Waals surface area contributed by atoms with Gasteiger partial charge in [-0.2, -0.15) is 0 Å². The molecule has 1 fully saturated rings. The third kappa shape index (κ3) is 1.92. The van der Waals surface area contributed by atoms with Gasteiger partial charge in [-0.15, -0.1) is 0 Å². The normalized spacial score (nSPS) is 33.2. The predicted molar refractivity (Wildman–Crippen MR) is 31.4 cm³/mol. The average molecular weight is 194 g/mol. The minimum atomic E-state index is -3.45. The van der Waals surface area contributed by atoms with Crippen LogP contribution >= 0.6 is 0 Å². The molecule has 0 bridgehead atoms. The fraction of sp³-hybridized carbons (Fsp3) is 0.600. The Balaban J connectivity index is 2.92. The van der Waals surface area contributed by atoms with Crippen LogP contribution in [0.4, 0.5) is 0 Å². The molecule has 1 rings (SSSR count). The number of ether oxygens (including phenoxy) is 2. The van der Waals surface area contributed by atoms with Gasteiger partial charge in [-0.1, -0.05) is 0 Å². The van der Waals surface area contributed by atoms with Crippen LogP contribution in [0.1, 0.15) is 0 Å². The number of carbonyl (C=O) groups is 2. The maximum atomic E-state index is 10.6. The van der Waals surface area contributed by atoms with Crippen molar-refractivity contribution in [3.8, 4) is 0 Å². The van der Waals surface area contributed by atoms with Crippen LogP contribution in [0, 0.1) is 0 Å². The molecule has 8 nitrogen and oxygen atoms in total. The van der Waals surface area contributed by atoms with E-state index in [0.29, 0.717) is 0 Å². The summed E-state index contributed by atoms with van der Waals surface area (Å²) in [4.78, 5) is 21.2. The van der Waals surface area contributed by atoms with Crippen molar-refractivity contribution in [1.29, 1.82) is 0 Å². The number of hydrogen-bond acceptors (Lipinski definition) is 8. The van der Waals surface area contributed by atoms with Crippen molar-refractivity contribution in [1.82, 2.24) is 0 Å². The van der Waals surface area contributed by atoms with E-state index in [-0.39, 0.29) is 0 Å². The topological polar surface area (TPSA) is 134 Å². The van der Waals surface area contributed by atoms with Gasteiger partial charge in [-0.25, -0.2) is 9.59 Å². The molecule has 0 aliphatic carbocycles. The lowest BCUT2D eigenvalue weighted by Crippen LogP contribution is -2.38. The Morgan fingerprint density at radius 2 is 1.31 bits per heavy atom. The van der Waals surface area contributed by atoms with Crippen LogP contribution in [-0.2, 0) is 19.1 Å². The zero-order chi connectivity index (χ0) is 10.2. The molecule has 0 spiro atoms. The first kappa shape index (κ1) is 9.86. The standard InChI is InChI=1S/C5H6O8/c6-1-2(7)4(9)13-5(10,11)12-3(1)8/h1-2,6-7,10-11H. The highest BCUT2D eigenvalue weighted by Crippen LogP contribution is 2.15. The lowest BCUT2D eigenvalue weighted by Gasteiger charge is -2.16. The Morgan fingerprint density at radius 3 is 1.62 bits per heavy atom. The van der Waals surface area contributed by atoms with Crippen LogP contribution in [0.3, 0.4) is 0 Å². The molecule has 0 aromatic heterocycles. The molecule has 0 amide bonds. The van der Waals surface area contributed by atoms with Crippen molar-refractivity contribution < 1.29 is 39.5 Å². The predicted octanol–water partition coefficient (Wildman–Crippen LogP) is -3.60. The molecular weight excluding hydrogens is 188 g/mol. The third-order valence-electron chi connectivity index (χ3n) is 1.25. The first-order valence-corrected chi connectivity index (χ1v) is 3.10. The summed E-state index contributed by atoms with van der Waals surface area (Å²) in [6.45, 7) is 0. The highest BCUT2D eigenvalue weighted by Gasteiger charge is 2.46. The Labute approximate surface area is 70.9 Å². The summed E-state index contributed by atoms with van der Waals surface area (Å²) < 4.78 is 7.34. The van der Waals surface area contributed by atoms with Crippen molar-refractivity contribution in [2.45, 2.75) is 18.4 Å². The second-order valence-corrected chi connectivity index (χ2v) is 2.28. The number of aliphatic hydroxyl groups excluding tert-OH is 2. The van der Waals surface area contributed by atoms with E-state index in [2.05, 4.69) is 9.47 Å². The highest BCUT2D eigenvalue weighted by molar-refractivity contribution is 5.86. The minimum Gasteiger partial charge on any atom is -0.379 e. The van der Waals surface area contributed by atoms with Gasteiger partial charge in [0.1, 0.15) is 0 Å². The Morgan fingerprint density at radius 1 is 1.00 bits per heavy atom. The molecule has 1 saturated heterocycles. The van der Waals surface area contributed by atoms with Crippen LogP contribution in [0.15, 0.2) is 0 Å². The minimum absolute atomic E-state index is 1.58. The first-order chi connectivity index (χ1) is 5.83. The third-order valence-corrected chi connectivity index (χ3v) is 1.25. The van der Waals surface area contributed by atoms with Gasteiger partial charge in [-0.05, 0) is 0 Å². The van der Waals surface area contributed by atoms with Crippen molar-refractivity contribution in [2.75, 3.05) is 0 Å². The molecular formula is C5H6O8. The Bertz CT molecular complexity index is 221. The molecule has 8 heteroatoms. The molecule has 0 saturated carbocycles. The number of carbonyl (C=O) groups excluding carboxylic acids is 2. The van der Waals surface area contributed by atoms with Gasteiger partial charge in [0, 0.05) is 0 Å². The van der Waals surface area contributed by atoms with Crippen LogP contribution in [0.5, 0.6) is 0 Å². The van der Waals surface area contributed by atoms with Crippen LogP contribution in [-0.4, -0.2) is 50.7 Å². The van der Waals surface area contributed by atoms with E-state index in [9.17, 15) is 9.59 Å². The monoisotopic (exact) mass is 194 g/mol. The van der Waals surface area contributed by atoms with E-state index in [0.717, 1.165) is 0 Å². The SMILES string of the molecule is O=C1OC(O)(O)OC(=O)C(O)C1O. The number of rotatable bonds is 0. The van der Waals surface area contributed by atoms with Gasteiger partial charge in [0.05, 0.1) is 0 Å². The second-order valence-electron chi connectivity index (χ2n) is 2.28. The van der Waals surface area contributed by atoms with Crippen molar-refractivity contribution >= 4 is 11.9 Å². The van der Waals surface area contributed by atoms with Crippen LogP contribution in [0.2, 0.25) is 0 Å². The van der Waals surface area contributed by atoms with Crippen molar-refractivity contribution in [2.24, 2.45) is 0 Å². The molecule has 1 heterocycles. The van der Waals surface area contributed by atoms with E-state index in [1.807, 2.05) is 0 Å². The van der Waals surface area contributed by atoms with Gasteiger partial charge in [0.15, 0.2) is 12.2 Å². The van der Waals surface area contributed by atoms with E-state index in [4.69, 9.17) is 20.4 Å². The largest absolute Gasteiger partial charge is 0.509 e. The molecule has 74 valence electrons. The lowest BCUT2D eigenvalue weighted by atomic mass is 10.2.